The highest BCUT2D eigenvalue weighted by atomic mass is 16.5. The highest BCUT2D eigenvalue weighted by Crippen LogP contribution is 2.17. The highest BCUT2D eigenvalue weighted by Gasteiger charge is 2.13. The fraction of sp³-hybridized carbons (Fsp3) is 0.889. The van der Waals surface area contributed by atoms with Gasteiger partial charge in [-0.3, -0.25) is 4.79 Å². The van der Waals surface area contributed by atoms with Gasteiger partial charge in [0.15, 0.2) is 0 Å². The molecule has 0 aliphatic heterocycles. The maximum absolute atomic E-state index is 10.9. The lowest BCUT2D eigenvalue weighted by Gasteiger charge is -2.17. The summed E-state index contributed by atoms with van der Waals surface area (Å²) in [7, 11) is 0. The Hall–Kier alpha value is -0.570. The summed E-state index contributed by atoms with van der Waals surface area (Å²) in [6.45, 7) is 8.40. The maximum Gasteiger partial charge on any atom is 0.322 e. The van der Waals surface area contributed by atoms with Gasteiger partial charge < -0.3 is 10.5 Å². The summed E-state index contributed by atoms with van der Waals surface area (Å²) in [5.74, 6) is -0.320. The van der Waals surface area contributed by atoms with Crippen LogP contribution in [0.3, 0.4) is 0 Å². The van der Waals surface area contributed by atoms with Crippen molar-refractivity contribution in [2.45, 2.75) is 40.2 Å². The fourth-order valence-corrected chi connectivity index (χ4v) is 0.589. The molecule has 1 atom stereocenters. The zero-order chi connectivity index (χ0) is 9.78. The Morgan fingerprint density at radius 3 is 2.33 bits per heavy atom. The van der Waals surface area contributed by atoms with E-state index in [0.29, 0.717) is 6.61 Å². The summed E-state index contributed by atoms with van der Waals surface area (Å²) in [6, 6.07) is -0.509. The molecule has 0 saturated carbocycles. The van der Waals surface area contributed by atoms with Crippen LogP contribution in [0.15, 0.2) is 0 Å². The molecule has 2 N–H and O–H groups in total. The molecule has 0 heterocycles. The third-order valence-electron chi connectivity index (χ3n) is 1.47. The number of carbonyl (C=O) groups excluding carboxylic acids is 1. The van der Waals surface area contributed by atoms with E-state index in [-0.39, 0.29) is 11.4 Å². The van der Waals surface area contributed by atoms with Gasteiger partial charge >= 0.3 is 5.97 Å². The minimum absolute atomic E-state index is 0.206. The lowest BCUT2D eigenvalue weighted by Crippen LogP contribution is -2.29. The van der Waals surface area contributed by atoms with Crippen molar-refractivity contribution in [2.24, 2.45) is 11.1 Å². The largest absolute Gasteiger partial charge is 0.465 e. The summed E-state index contributed by atoms with van der Waals surface area (Å²) in [5, 5.41) is 0. The number of rotatable bonds is 3. The summed E-state index contributed by atoms with van der Waals surface area (Å²) >= 11 is 0. The molecule has 0 aromatic rings. The van der Waals surface area contributed by atoms with E-state index >= 15 is 0 Å². The number of esters is 1. The van der Waals surface area contributed by atoms with Gasteiger partial charge in [0, 0.05) is 0 Å². The Morgan fingerprint density at radius 2 is 2.00 bits per heavy atom. The van der Waals surface area contributed by atoms with Crippen LogP contribution in [0.4, 0.5) is 0 Å². The van der Waals surface area contributed by atoms with E-state index in [4.69, 9.17) is 10.5 Å². The van der Waals surface area contributed by atoms with Crippen LogP contribution < -0.4 is 5.73 Å². The Bertz CT molecular complexity index is 147. The smallest absolute Gasteiger partial charge is 0.322 e. The standard InChI is InChI=1S/C9H19NO2/c1-7(10)8(11)12-6-5-9(2,3)4/h7H,5-6,10H2,1-4H3/t7-/m0/s1. The van der Waals surface area contributed by atoms with Crippen molar-refractivity contribution in [1.82, 2.24) is 0 Å². The molecule has 0 fully saturated rings. The van der Waals surface area contributed by atoms with E-state index in [1.54, 1.807) is 6.92 Å². The quantitative estimate of drug-likeness (QED) is 0.655. The third kappa shape index (κ3) is 6.16. The van der Waals surface area contributed by atoms with Gasteiger partial charge in [-0.25, -0.2) is 0 Å². The van der Waals surface area contributed by atoms with E-state index in [1.165, 1.54) is 0 Å². The minimum Gasteiger partial charge on any atom is -0.465 e. The first-order valence-corrected chi connectivity index (χ1v) is 4.25. The molecule has 0 amide bonds. The molecule has 0 rings (SSSR count). The normalized spacial score (nSPS) is 14.1. The van der Waals surface area contributed by atoms with Crippen molar-refractivity contribution in [2.75, 3.05) is 6.61 Å². The van der Waals surface area contributed by atoms with Crippen molar-refractivity contribution in [1.29, 1.82) is 0 Å². The molecule has 0 spiro atoms. The van der Waals surface area contributed by atoms with Gasteiger partial charge in [0.1, 0.15) is 6.04 Å². The molecule has 3 nitrogen and oxygen atoms in total. The Balaban J connectivity index is 3.51. The van der Waals surface area contributed by atoms with Crippen LogP contribution in [-0.4, -0.2) is 18.6 Å². The van der Waals surface area contributed by atoms with E-state index in [2.05, 4.69) is 20.8 Å². The van der Waals surface area contributed by atoms with Gasteiger partial charge in [-0.1, -0.05) is 20.8 Å². The summed E-state index contributed by atoms with van der Waals surface area (Å²) in [6.07, 6.45) is 0.867. The zero-order valence-corrected chi connectivity index (χ0v) is 8.39. The Kier molecular flexibility index (Phi) is 4.24. The molecule has 72 valence electrons. The van der Waals surface area contributed by atoms with Gasteiger partial charge in [-0.2, -0.15) is 0 Å². The fourth-order valence-electron chi connectivity index (χ4n) is 0.589. The predicted molar refractivity (Wildman–Crippen MR) is 48.7 cm³/mol. The number of nitrogens with two attached hydrogens (primary N) is 1. The van der Waals surface area contributed by atoms with Crippen LogP contribution in [0, 0.1) is 5.41 Å². The number of hydrogen-bond acceptors (Lipinski definition) is 3. The summed E-state index contributed by atoms with van der Waals surface area (Å²) in [5.41, 5.74) is 5.52. The van der Waals surface area contributed by atoms with Gasteiger partial charge in [-0.05, 0) is 18.8 Å². The monoisotopic (exact) mass is 173 g/mol. The van der Waals surface area contributed by atoms with E-state index in [0.717, 1.165) is 6.42 Å². The van der Waals surface area contributed by atoms with Gasteiger partial charge in [-0.15, -0.1) is 0 Å². The van der Waals surface area contributed by atoms with Gasteiger partial charge in [0.05, 0.1) is 6.61 Å². The highest BCUT2D eigenvalue weighted by molar-refractivity contribution is 5.74. The first kappa shape index (κ1) is 11.4. The zero-order valence-electron chi connectivity index (χ0n) is 8.39. The molecule has 0 saturated heterocycles. The topological polar surface area (TPSA) is 52.3 Å². The number of carbonyl (C=O) groups is 1. The first-order valence-electron chi connectivity index (χ1n) is 4.25. The molecule has 0 aromatic heterocycles. The van der Waals surface area contributed by atoms with E-state index in [9.17, 15) is 4.79 Å². The molecular formula is C9H19NO2. The molecule has 0 aromatic carbocycles. The van der Waals surface area contributed by atoms with Crippen LogP contribution in [0.2, 0.25) is 0 Å². The average Bonchev–Trinajstić information content (AvgIpc) is 1.84. The molecule has 0 bridgehead atoms. The minimum atomic E-state index is -0.509. The molecular weight excluding hydrogens is 154 g/mol. The van der Waals surface area contributed by atoms with E-state index in [1.807, 2.05) is 0 Å². The number of ether oxygens (including phenoxy) is 1. The van der Waals surface area contributed by atoms with Crippen molar-refractivity contribution in [3.8, 4) is 0 Å². The van der Waals surface area contributed by atoms with Crippen molar-refractivity contribution in [3.05, 3.63) is 0 Å². The van der Waals surface area contributed by atoms with Crippen LogP contribution >= 0.6 is 0 Å². The summed E-state index contributed by atoms with van der Waals surface area (Å²) < 4.78 is 4.92. The van der Waals surface area contributed by atoms with E-state index < -0.39 is 6.04 Å². The third-order valence-corrected chi connectivity index (χ3v) is 1.47. The van der Waals surface area contributed by atoms with Crippen molar-refractivity contribution >= 4 is 5.97 Å². The Labute approximate surface area is 74.3 Å². The summed E-state index contributed by atoms with van der Waals surface area (Å²) in [4.78, 5) is 10.9. The lowest BCUT2D eigenvalue weighted by atomic mass is 9.93. The van der Waals surface area contributed by atoms with Gasteiger partial charge in [0.2, 0.25) is 0 Å². The second-order valence-corrected chi connectivity index (χ2v) is 4.27. The van der Waals surface area contributed by atoms with Crippen LogP contribution in [0.1, 0.15) is 34.1 Å². The van der Waals surface area contributed by atoms with Gasteiger partial charge in [0.25, 0.3) is 0 Å². The first-order chi connectivity index (χ1) is 5.33. The Morgan fingerprint density at radius 1 is 1.50 bits per heavy atom. The maximum atomic E-state index is 10.9. The molecule has 0 aliphatic carbocycles. The lowest BCUT2D eigenvalue weighted by molar-refractivity contribution is -0.145. The molecule has 0 radical (unpaired) electrons. The molecule has 12 heavy (non-hydrogen) atoms. The molecule has 0 aliphatic rings. The second-order valence-electron chi connectivity index (χ2n) is 4.27. The average molecular weight is 173 g/mol. The number of hydrogen-bond donors (Lipinski definition) is 1. The molecule has 0 unspecified atom stereocenters. The predicted octanol–water partition coefficient (Wildman–Crippen LogP) is 1.31. The SMILES string of the molecule is C[C@H](N)C(=O)OCCC(C)(C)C. The van der Waals surface area contributed by atoms with Crippen molar-refractivity contribution in [3.63, 3.8) is 0 Å². The molecule has 3 heteroatoms. The van der Waals surface area contributed by atoms with Crippen LogP contribution in [0.5, 0.6) is 0 Å². The van der Waals surface area contributed by atoms with Crippen molar-refractivity contribution < 1.29 is 9.53 Å². The van der Waals surface area contributed by atoms with Crippen LogP contribution in [0.25, 0.3) is 0 Å². The second kappa shape index (κ2) is 4.45. The van der Waals surface area contributed by atoms with Crippen LogP contribution in [-0.2, 0) is 9.53 Å².